The van der Waals surface area contributed by atoms with Gasteiger partial charge in [-0.15, -0.1) is 0 Å². The molecule has 0 radical (unpaired) electrons. The van der Waals surface area contributed by atoms with Gasteiger partial charge in [0.15, 0.2) is 5.43 Å². The van der Waals surface area contributed by atoms with Gasteiger partial charge >= 0.3 is 5.97 Å². The molecule has 0 spiro atoms. The molecule has 0 bridgehead atoms. The van der Waals surface area contributed by atoms with Crippen molar-refractivity contribution in [3.05, 3.63) is 33.7 Å². The van der Waals surface area contributed by atoms with Crippen LogP contribution in [0, 0.1) is 0 Å². The maximum Gasteiger partial charge on any atom is 0.343 e. The number of nitrogens with one attached hydrogen (secondary N) is 1. The van der Waals surface area contributed by atoms with E-state index in [-0.39, 0.29) is 16.9 Å². The largest absolute Gasteiger partial charge is 0.465 e. The third-order valence-corrected chi connectivity index (χ3v) is 2.00. The van der Waals surface area contributed by atoms with Gasteiger partial charge in [-0.05, 0) is 5.92 Å². The van der Waals surface area contributed by atoms with E-state index in [0.29, 0.717) is 5.56 Å². The smallest absolute Gasteiger partial charge is 0.343 e. The van der Waals surface area contributed by atoms with Crippen LogP contribution in [0.4, 0.5) is 0 Å². The second kappa shape index (κ2) is 4.09. The Bertz CT molecular complexity index is 393. The molecule has 0 amide bonds. The van der Waals surface area contributed by atoms with Gasteiger partial charge in [-0.25, -0.2) is 4.79 Å². The summed E-state index contributed by atoms with van der Waals surface area (Å²) in [4.78, 5) is 25.6. The Balaban J connectivity index is 3.28. The second-order valence-corrected chi connectivity index (χ2v) is 3.30. The second-order valence-electron chi connectivity index (χ2n) is 3.30. The molecule has 1 aromatic rings. The van der Waals surface area contributed by atoms with Crippen LogP contribution in [-0.4, -0.2) is 18.1 Å². The highest BCUT2D eigenvalue weighted by Crippen LogP contribution is 2.08. The Morgan fingerprint density at radius 3 is 2.57 bits per heavy atom. The molecule has 1 N–H and O–H groups in total. The van der Waals surface area contributed by atoms with E-state index in [4.69, 9.17) is 0 Å². The summed E-state index contributed by atoms with van der Waals surface area (Å²) in [7, 11) is 1.25. The lowest BCUT2D eigenvalue weighted by Gasteiger charge is -2.05. The van der Waals surface area contributed by atoms with Crippen LogP contribution in [0.2, 0.25) is 0 Å². The number of hydrogen-bond donors (Lipinski definition) is 1. The maximum atomic E-state index is 11.7. The number of rotatable bonds is 2. The first-order valence-electron chi connectivity index (χ1n) is 4.37. The van der Waals surface area contributed by atoms with Crippen molar-refractivity contribution in [2.45, 2.75) is 19.8 Å². The molecule has 1 rings (SSSR count). The van der Waals surface area contributed by atoms with Crippen molar-refractivity contribution in [3.63, 3.8) is 0 Å². The van der Waals surface area contributed by atoms with Crippen molar-refractivity contribution in [1.82, 2.24) is 4.98 Å². The van der Waals surface area contributed by atoms with Crippen molar-refractivity contribution < 1.29 is 9.53 Å². The molecule has 4 nitrogen and oxygen atoms in total. The standard InChI is InChI=1S/C10H13NO3/c1-6(2)7-4-11-5-8(9(7)12)10(13)14-3/h4-6H,1-3H3,(H,11,12). The van der Waals surface area contributed by atoms with Gasteiger partial charge < -0.3 is 9.72 Å². The molecule has 0 saturated carbocycles. The van der Waals surface area contributed by atoms with Crippen LogP contribution in [0.15, 0.2) is 17.2 Å². The van der Waals surface area contributed by atoms with E-state index in [0.717, 1.165) is 0 Å². The molecule has 0 saturated heterocycles. The molecule has 14 heavy (non-hydrogen) atoms. The summed E-state index contributed by atoms with van der Waals surface area (Å²) >= 11 is 0. The van der Waals surface area contributed by atoms with Gasteiger partial charge in [0.25, 0.3) is 0 Å². The lowest BCUT2D eigenvalue weighted by atomic mass is 10.0. The molecule has 0 atom stereocenters. The van der Waals surface area contributed by atoms with Gasteiger partial charge in [-0.1, -0.05) is 13.8 Å². The molecule has 0 aliphatic rings. The molecule has 0 fully saturated rings. The van der Waals surface area contributed by atoms with Gasteiger partial charge in [-0.2, -0.15) is 0 Å². The Hall–Kier alpha value is -1.58. The number of pyridine rings is 1. The quantitative estimate of drug-likeness (QED) is 0.723. The highest BCUT2D eigenvalue weighted by atomic mass is 16.5. The molecule has 1 heterocycles. The van der Waals surface area contributed by atoms with E-state index < -0.39 is 5.97 Å². The van der Waals surface area contributed by atoms with Gasteiger partial charge in [-0.3, -0.25) is 4.79 Å². The fourth-order valence-corrected chi connectivity index (χ4v) is 1.19. The summed E-state index contributed by atoms with van der Waals surface area (Å²) in [6, 6.07) is 0. The minimum Gasteiger partial charge on any atom is -0.465 e. The van der Waals surface area contributed by atoms with Crippen LogP contribution in [0.5, 0.6) is 0 Å². The Labute approximate surface area is 81.9 Å². The average Bonchev–Trinajstić information content (AvgIpc) is 2.16. The zero-order valence-corrected chi connectivity index (χ0v) is 8.46. The van der Waals surface area contributed by atoms with Gasteiger partial charge in [0.1, 0.15) is 5.56 Å². The van der Waals surface area contributed by atoms with Crippen molar-refractivity contribution in [3.8, 4) is 0 Å². The molecule has 0 aliphatic heterocycles. The van der Waals surface area contributed by atoms with Crippen molar-refractivity contribution in [1.29, 1.82) is 0 Å². The molecule has 0 aliphatic carbocycles. The summed E-state index contributed by atoms with van der Waals surface area (Å²) < 4.78 is 4.49. The maximum absolute atomic E-state index is 11.7. The zero-order valence-electron chi connectivity index (χ0n) is 8.46. The number of methoxy groups -OCH3 is 1. The van der Waals surface area contributed by atoms with Crippen LogP contribution in [0.1, 0.15) is 35.7 Å². The topological polar surface area (TPSA) is 59.2 Å². The number of ether oxygens (including phenoxy) is 1. The first-order valence-corrected chi connectivity index (χ1v) is 4.37. The number of carbonyl (C=O) groups excluding carboxylic acids is 1. The zero-order chi connectivity index (χ0) is 10.7. The molecule has 1 aromatic heterocycles. The Morgan fingerprint density at radius 2 is 2.07 bits per heavy atom. The fraction of sp³-hybridized carbons (Fsp3) is 0.400. The molecule has 0 aromatic carbocycles. The summed E-state index contributed by atoms with van der Waals surface area (Å²) in [6.07, 6.45) is 2.97. The molecular formula is C10H13NO3. The lowest BCUT2D eigenvalue weighted by Crippen LogP contribution is -2.20. The average molecular weight is 195 g/mol. The van der Waals surface area contributed by atoms with Crippen molar-refractivity contribution in [2.24, 2.45) is 0 Å². The minimum absolute atomic E-state index is 0.0544. The summed E-state index contributed by atoms with van der Waals surface area (Å²) in [5.41, 5.74) is 0.386. The predicted octanol–water partition coefficient (Wildman–Crippen LogP) is 1.28. The SMILES string of the molecule is COC(=O)c1c[nH]cc(C(C)C)c1=O. The predicted molar refractivity (Wildman–Crippen MR) is 52.5 cm³/mol. The summed E-state index contributed by atoms with van der Waals surface area (Å²) in [6.45, 7) is 3.79. The van der Waals surface area contributed by atoms with Crippen LogP contribution < -0.4 is 5.43 Å². The Morgan fingerprint density at radius 1 is 1.43 bits per heavy atom. The van der Waals surface area contributed by atoms with Crippen molar-refractivity contribution in [2.75, 3.05) is 7.11 Å². The molecule has 0 unspecified atom stereocenters. The van der Waals surface area contributed by atoms with Crippen LogP contribution in [0.25, 0.3) is 0 Å². The van der Waals surface area contributed by atoms with Gasteiger partial charge in [0.2, 0.25) is 0 Å². The van der Waals surface area contributed by atoms with E-state index >= 15 is 0 Å². The molecular weight excluding hydrogens is 182 g/mol. The third-order valence-electron chi connectivity index (χ3n) is 2.00. The van der Waals surface area contributed by atoms with Gasteiger partial charge in [0.05, 0.1) is 7.11 Å². The first kappa shape index (κ1) is 10.5. The number of aromatic amines is 1. The van der Waals surface area contributed by atoms with Gasteiger partial charge in [0, 0.05) is 18.0 Å². The van der Waals surface area contributed by atoms with E-state index in [1.54, 1.807) is 6.20 Å². The van der Waals surface area contributed by atoms with E-state index in [1.807, 2.05) is 13.8 Å². The number of aromatic nitrogens is 1. The minimum atomic E-state index is -0.603. The molecule has 4 heteroatoms. The Kier molecular flexibility index (Phi) is 3.06. The highest BCUT2D eigenvalue weighted by molar-refractivity contribution is 5.88. The number of esters is 1. The summed E-state index contributed by atoms with van der Waals surface area (Å²) in [5, 5.41) is 0. The first-order chi connectivity index (χ1) is 6.57. The van der Waals surface area contributed by atoms with Crippen LogP contribution >= 0.6 is 0 Å². The van der Waals surface area contributed by atoms with E-state index in [1.165, 1.54) is 13.3 Å². The monoisotopic (exact) mass is 195 g/mol. The number of H-pyrrole nitrogens is 1. The normalized spacial score (nSPS) is 10.3. The summed E-state index contributed by atoms with van der Waals surface area (Å²) in [5.74, 6) is -0.517. The lowest BCUT2D eigenvalue weighted by molar-refractivity contribution is 0.0598. The van der Waals surface area contributed by atoms with Crippen LogP contribution in [-0.2, 0) is 4.74 Å². The fourth-order valence-electron chi connectivity index (χ4n) is 1.19. The molecule has 76 valence electrons. The van der Waals surface area contributed by atoms with E-state index in [2.05, 4.69) is 9.72 Å². The number of carbonyl (C=O) groups is 1. The van der Waals surface area contributed by atoms with Crippen molar-refractivity contribution >= 4 is 5.97 Å². The number of hydrogen-bond acceptors (Lipinski definition) is 3. The van der Waals surface area contributed by atoms with Crippen LogP contribution in [0.3, 0.4) is 0 Å². The third kappa shape index (κ3) is 1.84. The van der Waals surface area contributed by atoms with E-state index in [9.17, 15) is 9.59 Å². The highest BCUT2D eigenvalue weighted by Gasteiger charge is 2.14.